The van der Waals surface area contributed by atoms with E-state index in [9.17, 15) is 0 Å². The molecule has 340 valence electrons. The predicted molar refractivity (Wildman–Crippen MR) is 306 cm³/mol. The minimum absolute atomic E-state index is 1.05. The number of para-hydroxylation sites is 3. The van der Waals surface area contributed by atoms with Crippen molar-refractivity contribution in [3.05, 3.63) is 267 Å². The van der Waals surface area contributed by atoms with Gasteiger partial charge in [0.1, 0.15) is 0 Å². The fourth-order valence-corrected chi connectivity index (χ4v) is 11.4. The van der Waals surface area contributed by atoms with Crippen LogP contribution < -0.4 is 9.80 Å². The van der Waals surface area contributed by atoms with Gasteiger partial charge < -0.3 is 18.9 Å². The standard InChI is InChI=1S/C68H48N4/c1-3-21-51(22-4-1)71-65-29-13-11-27-59(65)61-45-55(41-43-67(61)71)69(63-31-15-19-49-17-7-9-25-57(49)63)53-37-33-47(34-38-53)48-35-39-54(40-36-48)70(64-32-16-20-50-18-8-10-26-58(50)64)56-42-44-68-62(46-56)60-28-12-14-30-66(60)72(68)52-23-5-2-6-24-52/h1,3-5,7-46H,2,6H2. The first-order valence-electron chi connectivity index (χ1n) is 25.0. The minimum Gasteiger partial charge on any atom is -0.310 e. The van der Waals surface area contributed by atoms with Gasteiger partial charge in [0.2, 0.25) is 0 Å². The van der Waals surface area contributed by atoms with Gasteiger partial charge in [-0.25, -0.2) is 0 Å². The second kappa shape index (κ2) is 17.2. The Hall–Kier alpha value is -9.38. The monoisotopic (exact) mass is 920 g/mol. The van der Waals surface area contributed by atoms with E-state index in [0.717, 1.165) is 63.8 Å². The van der Waals surface area contributed by atoms with Crippen molar-refractivity contribution in [1.82, 2.24) is 9.13 Å². The van der Waals surface area contributed by atoms with Crippen molar-refractivity contribution in [2.24, 2.45) is 0 Å². The van der Waals surface area contributed by atoms with Crippen LogP contribution in [0.5, 0.6) is 0 Å². The van der Waals surface area contributed by atoms with Crippen LogP contribution in [0.4, 0.5) is 34.1 Å². The summed E-state index contributed by atoms with van der Waals surface area (Å²) in [6.07, 6.45) is 9.07. The van der Waals surface area contributed by atoms with Gasteiger partial charge in [-0.05, 0) is 138 Å². The van der Waals surface area contributed by atoms with Crippen molar-refractivity contribution in [2.45, 2.75) is 12.8 Å². The van der Waals surface area contributed by atoms with Crippen molar-refractivity contribution in [2.75, 3.05) is 9.80 Å². The third-order valence-electron chi connectivity index (χ3n) is 14.7. The van der Waals surface area contributed by atoms with Crippen LogP contribution in [-0.2, 0) is 0 Å². The molecule has 0 saturated carbocycles. The number of nitrogens with zero attached hydrogens (tertiary/aromatic N) is 4. The first-order chi connectivity index (χ1) is 35.7. The van der Waals surface area contributed by atoms with Crippen molar-refractivity contribution in [1.29, 1.82) is 0 Å². The molecule has 0 amide bonds. The maximum Gasteiger partial charge on any atom is 0.0542 e. The predicted octanol–water partition coefficient (Wildman–Crippen LogP) is 19.0. The highest BCUT2D eigenvalue weighted by Crippen LogP contribution is 2.45. The molecule has 11 aromatic carbocycles. The number of rotatable bonds is 9. The average Bonchev–Trinajstić information content (AvgIpc) is 3.96. The number of hydrogen-bond donors (Lipinski definition) is 0. The Balaban J connectivity index is 0.867. The summed E-state index contributed by atoms with van der Waals surface area (Å²) >= 11 is 0. The first kappa shape index (κ1) is 41.6. The summed E-state index contributed by atoms with van der Waals surface area (Å²) in [6, 6.07) is 91.0. The first-order valence-corrected chi connectivity index (χ1v) is 25.0. The van der Waals surface area contributed by atoms with E-state index in [1.807, 2.05) is 0 Å². The van der Waals surface area contributed by atoms with Crippen LogP contribution in [0.25, 0.3) is 87.7 Å². The maximum atomic E-state index is 2.43. The van der Waals surface area contributed by atoms with Gasteiger partial charge in [-0.1, -0.05) is 164 Å². The van der Waals surface area contributed by atoms with E-state index in [1.165, 1.54) is 70.9 Å². The van der Waals surface area contributed by atoms with Gasteiger partial charge >= 0.3 is 0 Å². The number of hydrogen-bond acceptors (Lipinski definition) is 2. The molecule has 0 fully saturated rings. The van der Waals surface area contributed by atoms with Crippen LogP contribution in [0, 0.1) is 0 Å². The molecule has 4 nitrogen and oxygen atoms in total. The van der Waals surface area contributed by atoms with Gasteiger partial charge in [0, 0.05) is 66.5 Å². The molecule has 0 saturated heterocycles. The van der Waals surface area contributed by atoms with E-state index in [1.54, 1.807) is 0 Å². The fraction of sp³-hybridized carbons (Fsp3) is 0.0294. The molecule has 14 rings (SSSR count). The number of fused-ring (bicyclic) bond motifs is 8. The number of benzene rings is 11. The Morgan fingerprint density at radius 1 is 0.306 bits per heavy atom. The lowest BCUT2D eigenvalue weighted by Gasteiger charge is -2.28. The lowest BCUT2D eigenvalue weighted by molar-refractivity contribution is 1.02. The Bertz CT molecular complexity index is 4260. The zero-order valence-corrected chi connectivity index (χ0v) is 39.6. The summed E-state index contributed by atoms with van der Waals surface area (Å²) in [4.78, 5) is 4.85. The zero-order chi connectivity index (χ0) is 47.5. The van der Waals surface area contributed by atoms with Crippen molar-refractivity contribution >= 4 is 105 Å². The molecule has 0 atom stereocenters. The largest absolute Gasteiger partial charge is 0.310 e. The maximum absolute atomic E-state index is 2.43. The molecule has 0 radical (unpaired) electrons. The average molecular weight is 921 g/mol. The molecular formula is C68H48N4. The van der Waals surface area contributed by atoms with Crippen LogP contribution in [-0.4, -0.2) is 9.13 Å². The normalized spacial score (nSPS) is 12.6. The Morgan fingerprint density at radius 2 is 0.736 bits per heavy atom. The highest BCUT2D eigenvalue weighted by Gasteiger charge is 2.22. The van der Waals surface area contributed by atoms with Crippen molar-refractivity contribution in [3.63, 3.8) is 0 Å². The highest BCUT2D eigenvalue weighted by molar-refractivity contribution is 6.13. The summed E-state index contributed by atoms with van der Waals surface area (Å²) in [5.41, 5.74) is 16.2. The van der Waals surface area contributed by atoms with E-state index in [2.05, 4.69) is 286 Å². The Morgan fingerprint density at radius 3 is 1.26 bits per heavy atom. The molecule has 2 aromatic heterocycles. The molecule has 13 aromatic rings. The lowest BCUT2D eigenvalue weighted by atomic mass is 10.0. The molecule has 0 aliphatic heterocycles. The van der Waals surface area contributed by atoms with Gasteiger partial charge in [-0.2, -0.15) is 0 Å². The van der Waals surface area contributed by atoms with Crippen LogP contribution >= 0.6 is 0 Å². The van der Waals surface area contributed by atoms with Crippen LogP contribution in [0.3, 0.4) is 0 Å². The van der Waals surface area contributed by atoms with E-state index in [-0.39, 0.29) is 0 Å². The molecule has 4 heteroatoms. The molecular weight excluding hydrogens is 873 g/mol. The molecule has 1 aliphatic carbocycles. The number of aromatic nitrogens is 2. The highest BCUT2D eigenvalue weighted by atomic mass is 15.2. The second-order valence-corrected chi connectivity index (χ2v) is 18.8. The number of allylic oxidation sites excluding steroid dienone is 4. The van der Waals surface area contributed by atoms with E-state index >= 15 is 0 Å². The lowest BCUT2D eigenvalue weighted by Crippen LogP contribution is -2.10. The van der Waals surface area contributed by atoms with Gasteiger partial charge in [-0.15, -0.1) is 0 Å². The van der Waals surface area contributed by atoms with Crippen molar-refractivity contribution in [3.8, 4) is 16.8 Å². The second-order valence-electron chi connectivity index (χ2n) is 18.8. The Labute approximate surface area is 418 Å². The van der Waals surface area contributed by atoms with Crippen LogP contribution in [0.15, 0.2) is 267 Å². The van der Waals surface area contributed by atoms with E-state index < -0.39 is 0 Å². The summed E-state index contributed by atoms with van der Waals surface area (Å²) in [5, 5.41) is 9.75. The fourth-order valence-electron chi connectivity index (χ4n) is 11.4. The van der Waals surface area contributed by atoms with Crippen molar-refractivity contribution < 1.29 is 0 Å². The van der Waals surface area contributed by atoms with Gasteiger partial charge in [0.05, 0.1) is 33.4 Å². The Kier molecular flexibility index (Phi) is 9.95. The van der Waals surface area contributed by atoms with Gasteiger partial charge in [0.25, 0.3) is 0 Å². The summed E-state index contributed by atoms with van der Waals surface area (Å²) in [5.74, 6) is 0. The molecule has 0 bridgehead atoms. The third-order valence-corrected chi connectivity index (χ3v) is 14.7. The summed E-state index contributed by atoms with van der Waals surface area (Å²) < 4.78 is 4.81. The van der Waals surface area contributed by atoms with Gasteiger partial charge in [-0.3, -0.25) is 0 Å². The molecule has 0 spiro atoms. The SMILES string of the molecule is C1=CC(n2c3ccccc3c3cc(N(c4ccc(-c5ccc(N(c6ccc7c(c6)c6ccccc6n7-c6ccccc6)c6cccc7ccccc67)cc5)cc4)c4cccc5ccccc45)ccc32)=CCC1. The number of anilines is 6. The molecule has 0 unspecified atom stereocenters. The van der Waals surface area contributed by atoms with E-state index in [0.29, 0.717) is 0 Å². The minimum atomic E-state index is 1.05. The smallest absolute Gasteiger partial charge is 0.0542 e. The summed E-state index contributed by atoms with van der Waals surface area (Å²) in [6.45, 7) is 0. The zero-order valence-electron chi connectivity index (χ0n) is 39.6. The molecule has 2 heterocycles. The van der Waals surface area contributed by atoms with Crippen LogP contribution in [0.2, 0.25) is 0 Å². The van der Waals surface area contributed by atoms with Gasteiger partial charge in [0.15, 0.2) is 0 Å². The quantitative estimate of drug-likeness (QED) is 0.143. The third kappa shape index (κ3) is 6.91. The topological polar surface area (TPSA) is 16.3 Å². The molecule has 0 N–H and O–H groups in total. The van der Waals surface area contributed by atoms with Crippen LogP contribution in [0.1, 0.15) is 12.8 Å². The van der Waals surface area contributed by atoms with E-state index in [4.69, 9.17) is 0 Å². The molecule has 1 aliphatic rings. The summed E-state index contributed by atoms with van der Waals surface area (Å²) in [7, 11) is 0. The molecule has 72 heavy (non-hydrogen) atoms.